The van der Waals surface area contributed by atoms with Gasteiger partial charge in [0, 0.05) is 36.2 Å². The van der Waals surface area contributed by atoms with Gasteiger partial charge in [0.05, 0.1) is 36.8 Å². The van der Waals surface area contributed by atoms with Crippen LogP contribution in [0.5, 0.6) is 5.75 Å². The summed E-state index contributed by atoms with van der Waals surface area (Å²) in [6.07, 6.45) is 3.30. The number of hydrogen-bond donors (Lipinski definition) is 2. The van der Waals surface area contributed by atoms with Gasteiger partial charge in [0.25, 0.3) is 0 Å². The zero-order valence-corrected chi connectivity index (χ0v) is 28.3. The molecule has 1 saturated heterocycles. The molecule has 0 spiro atoms. The van der Waals surface area contributed by atoms with Crippen molar-refractivity contribution in [3.63, 3.8) is 0 Å². The van der Waals surface area contributed by atoms with Gasteiger partial charge in [-0.3, -0.25) is 9.72 Å². The number of amides is 2. The molecule has 11 nitrogen and oxygen atoms in total. The number of nitrogens with one attached hydrogen (secondary N) is 2. The fourth-order valence-electron chi connectivity index (χ4n) is 6.53. The van der Waals surface area contributed by atoms with E-state index >= 15 is 0 Å². The second-order valence-corrected chi connectivity index (χ2v) is 14.0. The lowest BCUT2D eigenvalue weighted by Crippen LogP contribution is -2.36. The van der Waals surface area contributed by atoms with E-state index in [1.807, 2.05) is 57.7 Å². The number of morpholine rings is 1. The first-order valence-electron chi connectivity index (χ1n) is 16.9. The van der Waals surface area contributed by atoms with Crippen molar-refractivity contribution in [2.75, 3.05) is 36.5 Å². The monoisotopic (exact) mass is 648 g/mol. The van der Waals surface area contributed by atoms with E-state index in [1.165, 1.54) is 0 Å². The molecule has 0 bridgehead atoms. The number of pyridine rings is 1. The molecule has 0 unspecified atom stereocenters. The van der Waals surface area contributed by atoms with E-state index in [9.17, 15) is 4.79 Å². The predicted octanol–water partition coefficient (Wildman–Crippen LogP) is 6.95. The van der Waals surface area contributed by atoms with E-state index in [0.717, 1.165) is 71.3 Å². The highest BCUT2D eigenvalue weighted by atomic mass is 16.5. The number of aromatic nitrogens is 5. The number of rotatable bonds is 7. The number of ether oxygens (including phenoxy) is 2. The maximum atomic E-state index is 13.7. The first-order chi connectivity index (χ1) is 23.1. The Hall–Kier alpha value is -4.90. The Bertz CT molecular complexity index is 1920. The second-order valence-electron chi connectivity index (χ2n) is 14.0. The second kappa shape index (κ2) is 13.0. The van der Waals surface area contributed by atoms with E-state index in [0.29, 0.717) is 19.0 Å². The van der Waals surface area contributed by atoms with E-state index < -0.39 is 0 Å². The lowest BCUT2D eigenvalue weighted by Gasteiger charge is -2.32. The van der Waals surface area contributed by atoms with Gasteiger partial charge in [0.15, 0.2) is 5.65 Å². The Balaban J connectivity index is 1.10. The van der Waals surface area contributed by atoms with Crippen LogP contribution in [0.2, 0.25) is 0 Å². The van der Waals surface area contributed by atoms with Crippen LogP contribution in [0.15, 0.2) is 72.9 Å². The number of carbonyl (C=O) groups excluding carboxylic acids is 1. The highest BCUT2D eigenvalue weighted by Gasteiger charge is 2.30. The van der Waals surface area contributed by atoms with Gasteiger partial charge in [-0.15, -0.1) is 10.2 Å². The van der Waals surface area contributed by atoms with Crippen LogP contribution in [0.4, 0.5) is 16.3 Å². The molecule has 5 aromatic rings. The Morgan fingerprint density at radius 3 is 2.48 bits per heavy atom. The van der Waals surface area contributed by atoms with Crippen molar-refractivity contribution in [3.05, 3.63) is 95.6 Å². The Morgan fingerprint density at radius 1 is 0.938 bits per heavy atom. The van der Waals surface area contributed by atoms with Crippen molar-refractivity contribution in [2.24, 2.45) is 0 Å². The average Bonchev–Trinajstić information content (AvgIpc) is 3.71. The normalized spacial score (nSPS) is 18.2. The van der Waals surface area contributed by atoms with Crippen LogP contribution in [0.1, 0.15) is 88.2 Å². The molecule has 250 valence electrons. The number of nitrogens with zero attached hydrogens (tertiary/aromatic N) is 6. The smallest absolute Gasteiger partial charge is 0.320 e. The van der Waals surface area contributed by atoms with Crippen LogP contribution in [-0.2, 0) is 10.2 Å². The first kappa shape index (κ1) is 31.7. The summed E-state index contributed by atoms with van der Waals surface area (Å²) < 4.78 is 16.0. The molecule has 2 N–H and O–H groups in total. The minimum Gasteiger partial charge on any atom is -0.484 e. The molecule has 1 aliphatic carbocycles. The Labute approximate surface area is 281 Å². The third kappa shape index (κ3) is 6.47. The summed E-state index contributed by atoms with van der Waals surface area (Å²) in [6, 6.07) is 21.9. The number of hydrogen-bond acceptors (Lipinski definition) is 7. The van der Waals surface area contributed by atoms with Crippen molar-refractivity contribution in [1.82, 2.24) is 29.7 Å². The fraction of sp³-hybridized carbons (Fsp3) is 0.405. The van der Waals surface area contributed by atoms with E-state index in [-0.39, 0.29) is 29.5 Å². The summed E-state index contributed by atoms with van der Waals surface area (Å²) in [4.78, 5) is 16.0. The number of benzene rings is 2. The van der Waals surface area contributed by atoms with Crippen molar-refractivity contribution in [2.45, 2.75) is 70.9 Å². The summed E-state index contributed by atoms with van der Waals surface area (Å²) in [5, 5.41) is 20.0. The van der Waals surface area contributed by atoms with Gasteiger partial charge < -0.3 is 19.7 Å². The summed E-state index contributed by atoms with van der Waals surface area (Å²) in [7, 11) is 0. The number of fused-ring (bicyclic) bond motifs is 2. The number of anilines is 2. The zero-order chi connectivity index (χ0) is 33.4. The molecule has 1 aliphatic heterocycles. The van der Waals surface area contributed by atoms with Crippen LogP contribution in [0.3, 0.4) is 0 Å². The molecule has 1 fully saturated rings. The predicted molar refractivity (Wildman–Crippen MR) is 186 cm³/mol. The minimum atomic E-state index is -0.278. The summed E-state index contributed by atoms with van der Waals surface area (Å²) in [5.74, 6) is 2.51. The largest absolute Gasteiger partial charge is 0.484 e. The quantitative estimate of drug-likeness (QED) is 0.197. The summed E-state index contributed by atoms with van der Waals surface area (Å²) in [6.45, 7) is 13.7. The van der Waals surface area contributed by atoms with Crippen LogP contribution in [0, 0.1) is 0 Å². The van der Waals surface area contributed by atoms with Gasteiger partial charge in [-0.1, -0.05) is 65.0 Å². The average molecular weight is 649 g/mol. The molecule has 7 rings (SSSR count). The van der Waals surface area contributed by atoms with Gasteiger partial charge in [-0.05, 0) is 54.3 Å². The van der Waals surface area contributed by atoms with Gasteiger partial charge in [0.2, 0.25) is 0 Å². The molecule has 2 atom stereocenters. The van der Waals surface area contributed by atoms with Gasteiger partial charge >= 0.3 is 6.03 Å². The van der Waals surface area contributed by atoms with Gasteiger partial charge in [-0.25, -0.2) is 9.48 Å². The Morgan fingerprint density at radius 2 is 1.71 bits per heavy atom. The standard InChI is InChI=1S/C37H44N8O3/c1-24(2)35-41-40-33-16-13-27(23-44(33)35)48-31-15-14-30(28-11-6-7-12-29(28)31)38-36(46)39-34-22-32(37(3,4)5)42-45(34)26-10-8-9-25(21-26)43-17-19-47-20-18-43/h6-13,16,21-24,30-31H,14-15,17-20H2,1-5H3,(H2,38,39,46)/t30-,31+/m0/s1. The zero-order valence-electron chi connectivity index (χ0n) is 28.3. The molecular weight excluding hydrogens is 604 g/mol. The van der Waals surface area contributed by atoms with Crippen LogP contribution < -0.4 is 20.3 Å². The molecule has 2 aliphatic rings. The van der Waals surface area contributed by atoms with Crippen molar-refractivity contribution >= 4 is 23.2 Å². The molecule has 2 amide bonds. The summed E-state index contributed by atoms with van der Waals surface area (Å²) in [5.41, 5.74) is 5.61. The molecule has 2 aromatic carbocycles. The first-order valence-corrected chi connectivity index (χ1v) is 16.9. The number of carbonyl (C=O) groups is 1. The van der Waals surface area contributed by atoms with Crippen LogP contribution in [-0.4, -0.2) is 56.7 Å². The van der Waals surface area contributed by atoms with E-state index in [4.69, 9.17) is 14.6 Å². The van der Waals surface area contributed by atoms with Crippen molar-refractivity contribution in [3.8, 4) is 11.4 Å². The van der Waals surface area contributed by atoms with Crippen molar-refractivity contribution in [1.29, 1.82) is 0 Å². The molecule has 48 heavy (non-hydrogen) atoms. The van der Waals surface area contributed by atoms with Gasteiger partial charge in [-0.2, -0.15) is 5.10 Å². The third-order valence-electron chi connectivity index (χ3n) is 9.11. The maximum absolute atomic E-state index is 13.7. The lowest BCUT2D eigenvalue weighted by atomic mass is 9.85. The molecule has 4 heterocycles. The maximum Gasteiger partial charge on any atom is 0.320 e. The van der Waals surface area contributed by atoms with E-state index in [1.54, 1.807) is 0 Å². The van der Waals surface area contributed by atoms with Crippen molar-refractivity contribution < 1.29 is 14.3 Å². The molecule has 11 heteroatoms. The molecule has 0 saturated carbocycles. The Kier molecular flexibility index (Phi) is 8.55. The third-order valence-corrected chi connectivity index (χ3v) is 9.11. The molecular formula is C37H44N8O3. The fourth-order valence-corrected chi connectivity index (χ4v) is 6.53. The summed E-state index contributed by atoms with van der Waals surface area (Å²) >= 11 is 0. The van der Waals surface area contributed by atoms with Crippen LogP contribution >= 0.6 is 0 Å². The lowest BCUT2D eigenvalue weighted by molar-refractivity contribution is 0.122. The number of urea groups is 1. The minimum absolute atomic E-state index is 0.145. The SMILES string of the molecule is CC(C)c1nnc2ccc(O[C@@H]3CC[C@H](NC(=O)Nc4cc(C(C)(C)C)nn4-c4cccc(N5CCOCC5)c4)c4ccccc43)cn12. The molecule has 3 aromatic heterocycles. The highest BCUT2D eigenvalue weighted by Crippen LogP contribution is 2.39. The topological polar surface area (TPSA) is 111 Å². The molecule has 0 radical (unpaired) electrons. The van der Waals surface area contributed by atoms with E-state index in [2.05, 4.69) is 84.6 Å². The van der Waals surface area contributed by atoms with Crippen LogP contribution in [0.25, 0.3) is 11.3 Å². The van der Waals surface area contributed by atoms with Gasteiger partial charge in [0.1, 0.15) is 23.5 Å². The highest BCUT2D eigenvalue weighted by molar-refractivity contribution is 5.89.